The van der Waals surface area contributed by atoms with E-state index in [0.29, 0.717) is 5.56 Å². The van der Waals surface area contributed by atoms with Crippen molar-refractivity contribution in [1.29, 1.82) is 0 Å². The molecule has 2 aromatic rings. The summed E-state index contributed by atoms with van der Waals surface area (Å²) in [6.45, 7) is 0. The van der Waals surface area contributed by atoms with E-state index in [0.717, 1.165) is 17.5 Å². The third kappa shape index (κ3) is 2.64. The summed E-state index contributed by atoms with van der Waals surface area (Å²) in [6.07, 6.45) is 1.11. The molecule has 0 spiro atoms. The van der Waals surface area contributed by atoms with Crippen LogP contribution in [0.2, 0.25) is 0 Å². The van der Waals surface area contributed by atoms with Crippen molar-refractivity contribution in [3.8, 4) is 0 Å². The van der Waals surface area contributed by atoms with E-state index in [4.69, 9.17) is 0 Å². The standard InChI is InChI=1S/C10H6N3O3S/c14-9(7-4-2-1-3-5-7)12-10-11-6-8(17-10)13(15)16/h2-6H,(H,11,12,14). The normalized spacial score (nSPS) is 9.88. The number of benzene rings is 1. The molecule has 1 amide bonds. The molecule has 0 aliphatic carbocycles. The summed E-state index contributed by atoms with van der Waals surface area (Å²) in [5.74, 6) is -0.358. The van der Waals surface area contributed by atoms with Crippen molar-refractivity contribution in [3.63, 3.8) is 0 Å². The fourth-order valence-electron chi connectivity index (χ4n) is 1.12. The maximum absolute atomic E-state index is 11.7. The summed E-state index contributed by atoms with van der Waals surface area (Å²) in [5, 5.41) is 13.0. The number of carbonyl (C=O) groups is 1. The highest BCUT2D eigenvalue weighted by atomic mass is 32.1. The molecule has 1 aromatic heterocycles. The van der Waals surface area contributed by atoms with Crippen molar-refractivity contribution in [3.05, 3.63) is 52.2 Å². The monoisotopic (exact) mass is 248 g/mol. The highest BCUT2D eigenvalue weighted by Crippen LogP contribution is 2.25. The molecular weight excluding hydrogens is 242 g/mol. The van der Waals surface area contributed by atoms with Crippen LogP contribution in [0.4, 0.5) is 10.1 Å². The molecule has 7 heteroatoms. The van der Waals surface area contributed by atoms with Gasteiger partial charge in [-0.05, 0) is 29.5 Å². The largest absolute Gasteiger partial charge is 0.345 e. The van der Waals surface area contributed by atoms with Gasteiger partial charge in [-0.15, -0.1) is 0 Å². The van der Waals surface area contributed by atoms with Gasteiger partial charge in [-0.25, -0.2) is 4.98 Å². The summed E-state index contributed by atoms with van der Waals surface area (Å²) in [5.41, 5.74) is 0.446. The number of amides is 1. The van der Waals surface area contributed by atoms with Crippen LogP contribution in [0, 0.1) is 16.2 Å². The molecule has 0 atom stereocenters. The lowest BCUT2D eigenvalue weighted by atomic mass is 10.2. The van der Waals surface area contributed by atoms with Gasteiger partial charge in [-0.3, -0.25) is 20.2 Å². The zero-order chi connectivity index (χ0) is 12.3. The predicted octanol–water partition coefficient (Wildman–Crippen LogP) is 2.10. The molecule has 0 bridgehead atoms. The second-order valence-corrected chi connectivity index (χ2v) is 4.01. The highest BCUT2D eigenvalue weighted by molar-refractivity contribution is 7.18. The van der Waals surface area contributed by atoms with Gasteiger partial charge in [0.1, 0.15) is 6.20 Å². The first kappa shape index (κ1) is 11.2. The van der Waals surface area contributed by atoms with Crippen LogP contribution in [0.5, 0.6) is 0 Å². The van der Waals surface area contributed by atoms with Crippen LogP contribution in [0.3, 0.4) is 0 Å². The van der Waals surface area contributed by atoms with Crippen LogP contribution in [-0.2, 0) is 0 Å². The second-order valence-electron chi connectivity index (χ2n) is 3.00. The zero-order valence-electron chi connectivity index (χ0n) is 8.41. The molecule has 2 rings (SSSR count). The number of nitrogens with one attached hydrogen (secondary N) is 1. The van der Waals surface area contributed by atoms with E-state index in [2.05, 4.69) is 16.4 Å². The Morgan fingerprint density at radius 3 is 2.76 bits per heavy atom. The molecule has 0 aliphatic rings. The van der Waals surface area contributed by atoms with Gasteiger partial charge in [0.15, 0.2) is 5.13 Å². The first-order chi connectivity index (χ1) is 8.16. The van der Waals surface area contributed by atoms with Crippen molar-refractivity contribution in [1.82, 2.24) is 4.98 Å². The zero-order valence-corrected chi connectivity index (χ0v) is 9.23. The third-order valence-electron chi connectivity index (χ3n) is 1.87. The molecule has 6 nitrogen and oxygen atoms in total. The summed E-state index contributed by atoms with van der Waals surface area (Å²) < 4.78 is 0. The van der Waals surface area contributed by atoms with Gasteiger partial charge in [0.25, 0.3) is 5.91 Å². The minimum absolute atomic E-state index is 0.110. The predicted molar refractivity (Wildman–Crippen MR) is 62.0 cm³/mol. The molecule has 0 aliphatic heterocycles. The van der Waals surface area contributed by atoms with Crippen molar-refractivity contribution in [2.75, 3.05) is 5.32 Å². The summed E-state index contributed by atoms with van der Waals surface area (Å²) in [7, 11) is 0. The quantitative estimate of drug-likeness (QED) is 0.665. The first-order valence-corrected chi connectivity index (χ1v) is 5.36. The van der Waals surface area contributed by atoms with Gasteiger partial charge in [0.2, 0.25) is 0 Å². The number of hydrogen-bond acceptors (Lipinski definition) is 5. The molecule has 1 radical (unpaired) electrons. The van der Waals surface area contributed by atoms with E-state index in [1.165, 1.54) is 0 Å². The Balaban J connectivity index is 2.11. The molecule has 0 saturated carbocycles. The van der Waals surface area contributed by atoms with Gasteiger partial charge in [0.05, 0.1) is 4.92 Å². The fraction of sp³-hybridized carbons (Fsp3) is 0. The molecule has 85 valence electrons. The van der Waals surface area contributed by atoms with Crippen LogP contribution in [0.1, 0.15) is 10.4 Å². The molecule has 17 heavy (non-hydrogen) atoms. The lowest BCUT2D eigenvalue weighted by molar-refractivity contribution is -0.380. The van der Waals surface area contributed by atoms with Crippen molar-refractivity contribution < 1.29 is 9.72 Å². The van der Waals surface area contributed by atoms with Crippen molar-refractivity contribution >= 4 is 27.4 Å². The van der Waals surface area contributed by atoms with E-state index in [9.17, 15) is 14.9 Å². The van der Waals surface area contributed by atoms with Crippen LogP contribution >= 0.6 is 11.3 Å². The maximum atomic E-state index is 11.7. The second kappa shape index (κ2) is 4.71. The molecule has 1 heterocycles. The number of aromatic nitrogens is 1. The summed E-state index contributed by atoms with van der Waals surface area (Å²) >= 11 is 0.814. The van der Waals surface area contributed by atoms with Gasteiger partial charge in [-0.2, -0.15) is 0 Å². The van der Waals surface area contributed by atoms with E-state index in [1.54, 1.807) is 24.3 Å². The van der Waals surface area contributed by atoms with Crippen LogP contribution in [0.25, 0.3) is 0 Å². The van der Waals surface area contributed by atoms with E-state index >= 15 is 0 Å². The Kier molecular flexibility index (Phi) is 3.10. The van der Waals surface area contributed by atoms with Gasteiger partial charge in [-0.1, -0.05) is 12.1 Å². The lowest BCUT2D eigenvalue weighted by Crippen LogP contribution is -2.11. The number of thiazole rings is 1. The minimum Gasteiger partial charge on any atom is -0.298 e. The SMILES string of the molecule is O=C(Nc1ncc([N+](=O)[O-])s1)c1cc[c]cc1. The van der Waals surface area contributed by atoms with Gasteiger partial charge in [0, 0.05) is 5.56 Å². The van der Waals surface area contributed by atoms with E-state index < -0.39 is 4.92 Å². The lowest BCUT2D eigenvalue weighted by Gasteiger charge is -1.99. The van der Waals surface area contributed by atoms with E-state index in [1.807, 2.05) is 0 Å². The molecule has 0 unspecified atom stereocenters. The minimum atomic E-state index is -0.551. The Morgan fingerprint density at radius 1 is 1.47 bits per heavy atom. The molecule has 1 N–H and O–H groups in total. The van der Waals surface area contributed by atoms with Gasteiger partial charge >= 0.3 is 5.00 Å². The highest BCUT2D eigenvalue weighted by Gasteiger charge is 2.13. The smallest absolute Gasteiger partial charge is 0.298 e. The Bertz CT molecular complexity index is 553. The van der Waals surface area contributed by atoms with Gasteiger partial charge < -0.3 is 0 Å². The molecule has 0 saturated heterocycles. The Labute approximate surface area is 100 Å². The summed E-state index contributed by atoms with van der Waals surface area (Å²) in [4.78, 5) is 25.3. The number of nitrogens with zero attached hydrogens (tertiary/aromatic N) is 2. The van der Waals surface area contributed by atoms with E-state index in [-0.39, 0.29) is 16.0 Å². The first-order valence-electron chi connectivity index (χ1n) is 4.54. The molecule has 0 fully saturated rings. The van der Waals surface area contributed by atoms with Crippen LogP contribution in [0.15, 0.2) is 30.5 Å². The van der Waals surface area contributed by atoms with Crippen molar-refractivity contribution in [2.24, 2.45) is 0 Å². The van der Waals surface area contributed by atoms with Crippen LogP contribution in [-0.4, -0.2) is 15.8 Å². The number of rotatable bonds is 3. The number of carbonyl (C=O) groups excluding carboxylic acids is 1. The van der Waals surface area contributed by atoms with Crippen LogP contribution < -0.4 is 5.32 Å². The third-order valence-corrected chi connectivity index (χ3v) is 2.74. The Hall–Kier alpha value is -2.28. The topological polar surface area (TPSA) is 85.1 Å². The number of hydrogen-bond donors (Lipinski definition) is 1. The van der Waals surface area contributed by atoms with Crippen molar-refractivity contribution in [2.45, 2.75) is 0 Å². The number of nitro groups is 1. The number of anilines is 1. The average Bonchev–Trinajstić information content (AvgIpc) is 2.79. The average molecular weight is 248 g/mol. The maximum Gasteiger partial charge on any atom is 0.345 e. The molecule has 1 aromatic carbocycles. The fourth-order valence-corrected chi connectivity index (χ4v) is 1.74. The Morgan fingerprint density at radius 2 is 2.18 bits per heavy atom. The summed E-state index contributed by atoms with van der Waals surface area (Å²) in [6, 6.07) is 9.20. The molecular formula is C10H6N3O3S.